The first-order valence-electron chi connectivity index (χ1n) is 7.35. The minimum Gasteiger partial charge on any atom is -0.491 e. The third kappa shape index (κ3) is 4.05. The second-order valence-electron chi connectivity index (χ2n) is 4.93. The Morgan fingerprint density at radius 1 is 1.32 bits per heavy atom. The second kappa shape index (κ2) is 8.03. The van der Waals surface area contributed by atoms with Gasteiger partial charge in [0.05, 0.1) is 32.8 Å². The van der Waals surface area contributed by atoms with E-state index in [1.54, 1.807) is 29.5 Å². The minimum atomic E-state index is 0.413. The van der Waals surface area contributed by atoms with E-state index in [1.807, 2.05) is 29.8 Å². The summed E-state index contributed by atoms with van der Waals surface area (Å²) in [6, 6.07) is 9.63. The number of ether oxygens (including phenoxy) is 1. The number of hydrogen-bond acceptors (Lipinski definition) is 5. The average Bonchev–Trinajstić information content (AvgIpc) is 3.26. The topological polar surface area (TPSA) is 45.9 Å². The summed E-state index contributed by atoms with van der Waals surface area (Å²) in [5.41, 5.74) is 2.06. The van der Waals surface area contributed by atoms with Gasteiger partial charge in [-0.05, 0) is 42.1 Å². The molecule has 126 valence electrons. The predicted octanol–water partition coefficient (Wildman–Crippen LogP) is 6.64. The van der Waals surface area contributed by atoms with Crippen LogP contribution >= 0.6 is 45.9 Å². The van der Waals surface area contributed by atoms with Gasteiger partial charge in [-0.3, -0.25) is 0 Å². The Balaban J connectivity index is 1.95. The number of nitrogens with zero attached hydrogens (tertiary/aromatic N) is 2. The summed E-state index contributed by atoms with van der Waals surface area (Å²) in [6.45, 7) is 2.34. The normalized spacial score (nSPS) is 11.4. The molecule has 0 aliphatic carbocycles. The van der Waals surface area contributed by atoms with Crippen molar-refractivity contribution in [1.29, 1.82) is 5.26 Å². The van der Waals surface area contributed by atoms with E-state index >= 15 is 0 Å². The van der Waals surface area contributed by atoms with Crippen molar-refractivity contribution in [3.8, 4) is 22.4 Å². The van der Waals surface area contributed by atoms with Crippen LogP contribution in [0.5, 0.6) is 5.75 Å². The number of rotatable bonds is 5. The Bertz CT molecular complexity index is 933. The molecular weight excluding hydrogens is 395 g/mol. The zero-order chi connectivity index (χ0) is 17.8. The fraction of sp³-hybridized carbons (Fsp3) is 0.111. The summed E-state index contributed by atoms with van der Waals surface area (Å²) in [7, 11) is 0. The van der Waals surface area contributed by atoms with Crippen molar-refractivity contribution in [1.82, 2.24) is 4.98 Å². The summed E-state index contributed by atoms with van der Waals surface area (Å²) in [6.07, 6.45) is 1.73. The van der Waals surface area contributed by atoms with Crippen LogP contribution in [-0.4, -0.2) is 11.6 Å². The number of benzene rings is 1. The van der Waals surface area contributed by atoms with E-state index in [9.17, 15) is 5.26 Å². The van der Waals surface area contributed by atoms with E-state index in [4.69, 9.17) is 27.9 Å². The van der Waals surface area contributed by atoms with Crippen LogP contribution in [0, 0.1) is 11.3 Å². The Morgan fingerprint density at radius 3 is 2.68 bits per heavy atom. The fourth-order valence-electron chi connectivity index (χ4n) is 2.19. The zero-order valence-electron chi connectivity index (χ0n) is 13.1. The zero-order valence-corrected chi connectivity index (χ0v) is 16.3. The molecule has 0 saturated carbocycles. The van der Waals surface area contributed by atoms with Gasteiger partial charge in [-0.25, -0.2) is 4.98 Å². The Morgan fingerprint density at radius 2 is 2.08 bits per heavy atom. The molecule has 0 aliphatic heterocycles. The summed E-state index contributed by atoms with van der Waals surface area (Å²) >= 11 is 15.5. The highest BCUT2D eigenvalue weighted by Gasteiger charge is 2.12. The van der Waals surface area contributed by atoms with Crippen molar-refractivity contribution in [2.45, 2.75) is 6.92 Å². The highest BCUT2D eigenvalue weighted by Crippen LogP contribution is 2.36. The maximum absolute atomic E-state index is 9.52. The molecule has 0 bridgehead atoms. The molecule has 3 aromatic rings. The van der Waals surface area contributed by atoms with Gasteiger partial charge < -0.3 is 4.74 Å². The Kier molecular flexibility index (Phi) is 5.77. The van der Waals surface area contributed by atoms with E-state index in [1.165, 1.54) is 11.3 Å². The molecule has 3 rings (SSSR count). The van der Waals surface area contributed by atoms with Gasteiger partial charge in [-0.1, -0.05) is 29.3 Å². The van der Waals surface area contributed by atoms with E-state index in [-0.39, 0.29) is 0 Å². The van der Waals surface area contributed by atoms with Crippen molar-refractivity contribution in [3.05, 3.63) is 55.6 Å². The molecule has 3 nitrogen and oxygen atoms in total. The quantitative estimate of drug-likeness (QED) is 0.445. The molecule has 0 unspecified atom stereocenters. The molecule has 0 atom stereocenters. The van der Waals surface area contributed by atoms with Crippen molar-refractivity contribution in [3.63, 3.8) is 0 Å². The molecule has 2 heterocycles. The second-order valence-corrected chi connectivity index (χ2v) is 7.55. The fourth-order valence-corrected chi connectivity index (χ4v) is 4.35. The van der Waals surface area contributed by atoms with Crippen molar-refractivity contribution in [2.24, 2.45) is 0 Å². The number of thiophene rings is 1. The summed E-state index contributed by atoms with van der Waals surface area (Å²) < 4.78 is 5.42. The van der Waals surface area contributed by atoms with Crippen LogP contribution in [0.3, 0.4) is 0 Å². The summed E-state index contributed by atoms with van der Waals surface area (Å²) in [5.74, 6) is 0.454. The predicted molar refractivity (Wildman–Crippen MR) is 107 cm³/mol. The third-order valence-electron chi connectivity index (χ3n) is 3.25. The van der Waals surface area contributed by atoms with Crippen LogP contribution in [0.1, 0.15) is 17.5 Å². The largest absolute Gasteiger partial charge is 0.491 e. The molecule has 25 heavy (non-hydrogen) atoms. The van der Waals surface area contributed by atoms with E-state index in [0.29, 0.717) is 33.0 Å². The third-order valence-corrected chi connectivity index (χ3v) is 5.58. The van der Waals surface area contributed by atoms with Gasteiger partial charge in [0.1, 0.15) is 11.1 Å². The average molecular weight is 407 g/mol. The maximum atomic E-state index is 9.52. The first kappa shape index (κ1) is 18.0. The van der Waals surface area contributed by atoms with Gasteiger partial charge in [0.2, 0.25) is 0 Å². The van der Waals surface area contributed by atoms with Gasteiger partial charge in [0.25, 0.3) is 0 Å². The Labute approximate surface area is 163 Å². The molecule has 1 aromatic carbocycles. The molecule has 0 spiro atoms. The smallest absolute Gasteiger partial charge is 0.156 e. The van der Waals surface area contributed by atoms with Gasteiger partial charge in [0.15, 0.2) is 5.75 Å². The van der Waals surface area contributed by atoms with Crippen molar-refractivity contribution >= 4 is 57.5 Å². The lowest BCUT2D eigenvalue weighted by atomic mass is 10.1. The van der Waals surface area contributed by atoms with Gasteiger partial charge >= 0.3 is 0 Å². The van der Waals surface area contributed by atoms with E-state index < -0.39 is 0 Å². The van der Waals surface area contributed by atoms with Crippen LogP contribution in [-0.2, 0) is 0 Å². The molecule has 0 fully saturated rings. The van der Waals surface area contributed by atoms with Gasteiger partial charge in [-0.2, -0.15) is 5.26 Å². The summed E-state index contributed by atoms with van der Waals surface area (Å²) in [4.78, 5) is 5.64. The monoisotopic (exact) mass is 406 g/mol. The Hall–Kier alpha value is -1.84. The molecule has 0 radical (unpaired) electrons. The van der Waals surface area contributed by atoms with Crippen LogP contribution < -0.4 is 4.74 Å². The standard InChI is InChI=1S/C18H12Cl2N2OS2/c1-2-23-17-13(19)7-11(8-14(17)20)6-12(9-21)18-22-15(10-25-18)16-4-3-5-24-16/h3-8,10H,2H2,1H3/b12-6-. The molecule has 0 N–H and O–H groups in total. The molecular formula is C18H12Cl2N2OS2. The number of hydrogen-bond donors (Lipinski definition) is 0. The first-order chi connectivity index (χ1) is 12.1. The maximum Gasteiger partial charge on any atom is 0.156 e. The lowest BCUT2D eigenvalue weighted by Crippen LogP contribution is -1.93. The van der Waals surface area contributed by atoms with Crippen LogP contribution in [0.25, 0.3) is 22.2 Å². The van der Waals surface area contributed by atoms with Gasteiger partial charge in [-0.15, -0.1) is 22.7 Å². The first-order valence-corrected chi connectivity index (χ1v) is 9.87. The number of aromatic nitrogens is 1. The van der Waals surface area contributed by atoms with Crippen LogP contribution in [0.15, 0.2) is 35.0 Å². The highest BCUT2D eigenvalue weighted by molar-refractivity contribution is 7.14. The number of nitriles is 1. The molecule has 0 aliphatic rings. The van der Waals surface area contributed by atoms with E-state index in [0.717, 1.165) is 16.1 Å². The highest BCUT2D eigenvalue weighted by atomic mass is 35.5. The van der Waals surface area contributed by atoms with E-state index in [2.05, 4.69) is 11.1 Å². The lowest BCUT2D eigenvalue weighted by molar-refractivity contribution is 0.340. The number of thiazole rings is 1. The molecule has 0 amide bonds. The SMILES string of the molecule is CCOc1c(Cl)cc(/C=C(/C#N)c2nc(-c3cccs3)cs2)cc1Cl. The van der Waals surface area contributed by atoms with Crippen LogP contribution in [0.2, 0.25) is 10.0 Å². The van der Waals surface area contributed by atoms with Gasteiger partial charge in [0, 0.05) is 5.38 Å². The lowest BCUT2D eigenvalue weighted by Gasteiger charge is -2.08. The van der Waals surface area contributed by atoms with Crippen molar-refractivity contribution < 1.29 is 4.74 Å². The van der Waals surface area contributed by atoms with Crippen LogP contribution in [0.4, 0.5) is 0 Å². The summed E-state index contributed by atoms with van der Waals surface area (Å²) in [5, 5.41) is 15.0. The number of allylic oxidation sites excluding steroid dienone is 1. The number of halogens is 2. The minimum absolute atomic E-state index is 0.413. The molecule has 0 saturated heterocycles. The van der Waals surface area contributed by atoms with Crippen molar-refractivity contribution in [2.75, 3.05) is 6.61 Å². The molecule has 2 aromatic heterocycles. The molecule has 7 heteroatoms.